The molecule has 6 nitrogen and oxygen atoms in total. The molecular formula is C16H16BrN3O3. The van der Waals surface area contributed by atoms with E-state index in [4.69, 9.17) is 15.2 Å². The highest BCUT2D eigenvalue weighted by Crippen LogP contribution is 2.31. The van der Waals surface area contributed by atoms with Crippen molar-refractivity contribution in [3.63, 3.8) is 0 Å². The number of nitrogens with zero attached hydrogens (tertiary/aromatic N) is 1. The van der Waals surface area contributed by atoms with Crippen molar-refractivity contribution in [1.82, 2.24) is 5.43 Å². The Morgan fingerprint density at radius 3 is 2.57 bits per heavy atom. The van der Waals surface area contributed by atoms with Gasteiger partial charge in [-0.3, -0.25) is 4.79 Å². The number of hydrogen-bond donors (Lipinski definition) is 2. The number of rotatable bonds is 5. The summed E-state index contributed by atoms with van der Waals surface area (Å²) in [6.45, 7) is 0. The molecule has 0 aliphatic heterocycles. The third-order valence-corrected chi connectivity index (χ3v) is 3.70. The fourth-order valence-corrected chi connectivity index (χ4v) is 2.43. The molecule has 0 spiro atoms. The molecule has 2 rings (SSSR count). The summed E-state index contributed by atoms with van der Waals surface area (Å²) >= 11 is 3.39. The number of nitrogens with one attached hydrogen (secondary N) is 1. The van der Waals surface area contributed by atoms with Crippen LogP contribution in [0.4, 0.5) is 5.69 Å². The fourth-order valence-electron chi connectivity index (χ4n) is 1.91. The maximum atomic E-state index is 12.0. The van der Waals surface area contributed by atoms with Gasteiger partial charge in [-0.1, -0.05) is 12.1 Å². The average molecular weight is 378 g/mol. The lowest BCUT2D eigenvalue weighted by atomic mass is 10.2. The lowest BCUT2D eigenvalue weighted by molar-refractivity contribution is 0.0956. The third-order valence-electron chi connectivity index (χ3n) is 3.08. The Labute approximate surface area is 142 Å². The number of benzene rings is 2. The number of amides is 1. The summed E-state index contributed by atoms with van der Waals surface area (Å²) in [6.07, 6.45) is 1.49. The number of ether oxygens (including phenoxy) is 2. The molecule has 0 fully saturated rings. The Kier molecular flexibility index (Phi) is 5.59. The van der Waals surface area contributed by atoms with Crippen molar-refractivity contribution >= 4 is 33.7 Å². The van der Waals surface area contributed by atoms with Crippen molar-refractivity contribution in [2.24, 2.45) is 5.10 Å². The van der Waals surface area contributed by atoms with Crippen molar-refractivity contribution in [2.75, 3.05) is 20.0 Å². The minimum Gasteiger partial charge on any atom is -0.496 e. The second-order valence-electron chi connectivity index (χ2n) is 4.52. The summed E-state index contributed by atoms with van der Waals surface area (Å²) in [4.78, 5) is 12.0. The van der Waals surface area contributed by atoms with Crippen molar-refractivity contribution in [1.29, 1.82) is 0 Å². The molecule has 0 atom stereocenters. The number of nitrogen functional groups attached to an aromatic ring is 1. The monoisotopic (exact) mass is 377 g/mol. The molecule has 0 unspecified atom stereocenters. The van der Waals surface area contributed by atoms with Crippen LogP contribution in [0.1, 0.15) is 15.9 Å². The molecule has 120 valence electrons. The number of carbonyl (C=O) groups is 1. The smallest absolute Gasteiger partial charge is 0.273 e. The first-order valence-corrected chi connectivity index (χ1v) is 7.45. The molecule has 0 radical (unpaired) electrons. The maximum absolute atomic E-state index is 12.0. The van der Waals surface area contributed by atoms with Crippen molar-refractivity contribution in [3.05, 3.63) is 52.0 Å². The van der Waals surface area contributed by atoms with E-state index in [0.717, 1.165) is 4.47 Å². The molecule has 3 N–H and O–H groups in total. The quantitative estimate of drug-likeness (QED) is 0.476. The highest BCUT2D eigenvalue weighted by atomic mass is 79.9. The zero-order valence-corrected chi connectivity index (χ0v) is 14.3. The van der Waals surface area contributed by atoms with Crippen LogP contribution in [0.3, 0.4) is 0 Å². The summed E-state index contributed by atoms with van der Waals surface area (Å²) in [5.74, 6) is 0.827. The Balaban J connectivity index is 2.16. The van der Waals surface area contributed by atoms with Crippen molar-refractivity contribution in [3.8, 4) is 11.5 Å². The van der Waals surface area contributed by atoms with E-state index in [-0.39, 0.29) is 5.91 Å². The number of nitrogens with two attached hydrogens (primary N) is 1. The standard InChI is InChI=1S/C16H16BrN3O3/c1-22-14-8-15(23-2)12(17)7-10(14)9-19-20-16(21)11-5-3-4-6-13(11)18/h3-9H,18H2,1-2H3,(H,20,21)/b19-9+. The predicted octanol–water partition coefficient (Wildman–Crippen LogP) is 2.81. The summed E-state index contributed by atoms with van der Waals surface area (Å²) in [6, 6.07) is 10.3. The topological polar surface area (TPSA) is 85.9 Å². The number of halogens is 1. The number of anilines is 1. The Hall–Kier alpha value is -2.54. The lowest BCUT2D eigenvalue weighted by Gasteiger charge is -2.09. The molecule has 2 aromatic carbocycles. The highest BCUT2D eigenvalue weighted by Gasteiger charge is 2.09. The van der Waals surface area contributed by atoms with Crippen LogP contribution in [-0.2, 0) is 0 Å². The molecule has 0 aliphatic rings. The van der Waals surface area contributed by atoms with Crippen LogP contribution in [0.25, 0.3) is 0 Å². The Morgan fingerprint density at radius 1 is 1.22 bits per heavy atom. The normalized spacial score (nSPS) is 10.6. The second kappa shape index (κ2) is 7.64. The number of hydrazone groups is 1. The van der Waals surface area contributed by atoms with Gasteiger partial charge in [-0.15, -0.1) is 0 Å². The van der Waals surface area contributed by atoms with E-state index in [1.807, 2.05) is 0 Å². The van der Waals surface area contributed by atoms with Gasteiger partial charge < -0.3 is 15.2 Å². The minimum atomic E-state index is -0.383. The molecule has 7 heteroatoms. The van der Waals surface area contributed by atoms with E-state index >= 15 is 0 Å². The summed E-state index contributed by atoms with van der Waals surface area (Å²) in [5.41, 5.74) is 9.63. The van der Waals surface area contributed by atoms with Gasteiger partial charge in [0.05, 0.1) is 30.5 Å². The van der Waals surface area contributed by atoms with Gasteiger partial charge in [0, 0.05) is 17.3 Å². The first-order chi connectivity index (χ1) is 11.1. The van der Waals surface area contributed by atoms with E-state index in [2.05, 4.69) is 26.5 Å². The van der Waals surface area contributed by atoms with Crippen molar-refractivity contribution < 1.29 is 14.3 Å². The van der Waals surface area contributed by atoms with Gasteiger partial charge in [0.2, 0.25) is 0 Å². The van der Waals surface area contributed by atoms with Crippen LogP contribution >= 0.6 is 15.9 Å². The van der Waals surface area contributed by atoms with Crippen LogP contribution in [0.2, 0.25) is 0 Å². The second-order valence-corrected chi connectivity index (χ2v) is 5.37. The summed E-state index contributed by atoms with van der Waals surface area (Å²) in [7, 11) is 3.11. The first kappa shape index (κ1) is 16.8. The lowest BCUT2D eigenvalue weighted by Crippen LogP contribution is -2.19. The summed E-state index contributed by atoms with van der Waals surface area (Å²) < 4.78 is 11.2. The molecule has 0 bridgehead atoms. The van der Waals surface area contributed by atoms with Gasteiger partial charge in [0.1, 0.15) is 11.5 Å². The fraction of sp³-hybridized carbons (Fsp3) is 0.125. The molecule has 0 saturated heterocycles. The molecular weight excluding hydrogens is 362 g/mol. The van der Waals surface area contributed by atoms with Crippen LogP contribution < -0.4 is 20.6 Å². The van der Waals surface area contributed by atoms with Crippen molar-refractivity contribution in [2.45, 2.75) is 0 Å². The van der Waals surface area contributed by atoms with Gasteiger partial charge in [-0.05, 0) is 34.1 Å². The van der Waals surface area contributed by atoms with Gasteiger partial charge in [-0.25, -0.2) is 5.43 Å². The number of hydrogen-bond acceptors (Lipinski definition) is 5. The van der Waals surface area contributed by atoms with Gasteiger partial charge in [0.25, 0.3) is 5.91 Å². The summed E-state index contributed by atoms with van der Waals surface area (Å²) in [5, 5.41) is 3.94. The molecule has 0 heterocycles. The Bertz CT molecular complexity index is 747. The van der Waals surface area contributed by atoms with Crippen LogP contribution in [0.15, 0.2) is 46.0 Å². The molecule has 23 heavy (non-hydrogen) atoms. The third kappa shape index (κ3) is 4.01. The predicted molar refractivity (Wildman–Crippen MR) is 93.2 cm³/mol. The number of methoxy groups -OCH3 is 2. The zero-order valence-electron chi connectivity index (χ0n) is 12.7. The molecule has 0 aromatic heterocycles. The molecule has 2 aromatic rings. The van der Waals surface area contributed by atoms with E-state index in [1.54, 1.807) is 50.6 Å². The van der Waals surface area contributed by atoms with Gasteiger partial charge in [0.15, 0.2) is 0 Å². The largest absolute Gasteiger partial charge is 0.496 e. The van der Waals surface area contributed by atoms with Crippen LogP contribution in [0, 0.1) is 0 Å². The van der Waals surface area contributed by atoms with Gasteiger partial charge in [-0.2, -0.15) is 5.10 Å². The SMILES string of the molecule is COc1cc(OC)c(/C=N/NC(=O)c2ccccc2N)cc1Br. The van der Waals surface area contributed by atoms with Crippen LogP contribution in [0.5, 0.6) is 11.5 Å². The number of carbonyl (C=O) groups excluding carboxylic acids is 1. The van der Waals surface area contributed by atoms with Crippen LogP contribution in [-0.4, -0.2) is 26.3 Å². The van der Waals surface area contributed by atoms with E-state index < -0.39 is 0 Å². The first-order valence-electron chi connectivity index (χ1n) is 6.66. The Morgan fingerprint density at radius 2 is 1.91 bits per heavy atom. The minimum absolute atomic E-state index is 0.368. The van der Waals surface area contributed by atoms with Gasteiger partial charge >= 0.3 is 0 Å². The highest BCUT2D eigenvalue weighted by molar-refractivity contribution is 9.10. The van der Waals surface area contributed by atoms with E-state index in [1.165, 1.54) is 6.21 Å². The van der Waals surface area contributed by atoms with E-state index in [9.17, 15) is 4.79 Å². The molecule has 1 amide bonds. The number of para-hydroxylation sites is 1. The average Bonchev–Trinajstić information content (AvgIpc) is 2.55. The maximum Gasteiger partial charge on any atom is 0.273 e. The van der Waals surface area contributed by atoms with E-state index in [0.29, 0.717) is 28.3 Å². The molecule has 0 aliphatic carbocycles. The molecule has 0 saturated carbocycles. The zero-order chi connectivity index (χ0) is 16.8.